The molecular weight excluding hydrogens is 145 g/mol. The molecule has 0 aromatic heterocycles. The van der Waals surface area contributed by atoms with Crippen LogP contribution < -0.4 is 5.32 Å². The first kappa shape index (κ1) is 5.99. The highest BCUT2D eigenvalue weighted by atomic mass is 35.5. The first-order chi connectivity index (χ1) is 3.79. The Morgan fingerprint density at radius 2 is 2.25 bits per heavy atom. The van der Waals surface area contributed by atoms with Crippen LogP contribution in [0.3, 0.4) is 0 Å². The van der Waals surface area contributed by atoms with E-state index in [1.54, 1.807) is 12.3 Å². The van der Waals surface area contributed by atoms with Crippen molar-refractivity contribution >= 4 is 23.2 Å². The summed E-state index contributed by atoms with van der Waals surface area (Å²) in [6.45, 7) is 0.692. The summed E-state index contributed by atoms with van der Waals surface area (Å²) < 4.78 is 0. The number of rotatable bonds is 0. The molecule has 0 bridgehead atoms. The van der Waals surface area contributed by atoms with Crippen LogP contribution in [-0.2, 0) is 0 Å². The molecule has 3 heteroatoms. The normalized spacial score (nSPS) is 18.8. The van der Waals surface area contributed by atoms with Gasteiger partial charge in [0, 0.05) is 11.2 Å². The van der Waals surface area contributed by atoms with E-state index in [2.05, 4.69) is 5.32 Å². The predicted octanol–water partition coefficient (Wildman–Crippen LogP) is 1.79. The van der Waals surface area contributed by atoms with Crippen LogP contribution >= 0.6 is 23.2 Å². The van der Waals surface area contributed by atoms with Crippen molar-refractivity contribution in [2.45, 2.75) is 0 Å². The fourth-order valence-electron chi connectivity index (χ4n) is 0.488. The quantitative estimate of drug-likeness (QED) is 0.555. The minimum atomic E-state index is 0.654. The van der Waals surface area contributed by atoms with E-state index < -0.39 is 0 Å². The van der Waals surface area contributed by atoms with Gasteiger partial charge < -0.3 is 5.32 Å². The van der Waals surface area contributed by atoms with E-state index in [0.29, 0.717) is 11.6 Å². The molecule has 0 saturated carbocycles. The number of halogens is 2. The van der Waals surface area contributed by atoms with Crippen molar-refractivity contribution in [3.8, 4) is 0 Å². The zero-order chi connectivity index (χ0) is 5.98. The number of nitrogens with one attached hydrogen (secondary N) is 1. The molecule has 0 amide bonds. The Balaban J connectivity index is 2.69. The van der Waals surface area contributed by atoms with Gasteiger partial charge in [-0.1, -0.05) is 23.2 Å². The second-order valence-corrected chi connectivity index (χ2v) is 2.42. The molecule has 0 radical (unpaired) electrons. The summed E-state index contributed by atoms with van der Waals surface area (Å²) in [4.78, 5) is 0. The van der Waals surface area contributed by atoms with Gasteiger partial charge in [0.1, 0.15) is 0 Å². The van der Waals surface area contributed by atoms with E-state index in [9.17, 15) is 0 Å². The van der Waals surface area contributed by atoms with Crippen molar-refractivity contribution in [1.82, 2.24) is 5.32 Å². The van der Waals surface area contributed by atoms with Crippen LogP contribution in [0.5, 0.6) is 0 Å². The number of hydrogen-bond acceptors (Lipinski definition) is 1. The van der Waals surface area contributed by atoms with Gasteiger partial charge in [0.25, 0.3) is 0 Å². The predicted molar refractivity (Wildman–Crippen MR) is 35.9 cm³/mol. The summed E-state index contributed by atoms with van der Waals surface area (Å²) in [6, 6.07) is 0. The molecule has 0 fully saturated rings. The number of allylic oxidation sites excluding steroid dienone is 2. The summed E-state index contributed by atoms with van der Waals surface area (Å²) >= 11 is 11.1. The summed E-state index contributed by atoms with van der Waals surface area (Å²) in [5.74, 6) is 0. The molecular formula is C5H5Cl2N. The third kappa shape index (κ3) is 1.42. The summed E-state index contributed by atoms with van der Waals surface area (Å²) in [6.07, 6.45) is 3.44. The monoisotopic (exact) mass is 149 g/mol. The Morgan fingerprint density at radius 1 is 1.50 bits per heavy atom. The molecule has 0 unspecified atom stereocenters. The van der Waals surface area contributed by atoms with Crippen LogP contribution in [0.4, 0.5) is 0 Å². The first-order valence-electron chi connectivity index (χ1n) is 2.24. The lowest BCUT2D eigenvalue weighted by atomic mass is 10.4. The van der Waals surface area contributed by atoms with Crippen LogP contribution in [-0.4, -0.2) is 6.54 Å². The number of dihydropyridines is 1. The lowest BCUT2D eigenvalue weighted by Gasteiger charge is -2.04. The van der Waals surface area contributed by atoms with E-state index >= 15 is 0 Å². The third-order valence-corrected chi connectivity index (χ3v) is 1.27. The Hall–Kier alpha value is -0.140. The largest absolute Gasteiger partial charge is 0.385 e. The molecule has 1 nitrogen and oxygen atoms in total. The Labute approximate surface area is 58.0 Å². The molecule has 0 spiro atoms. The maximum absolute atomic E-state index is 5.58. The molecule has 1 aliphatic heterocycles. The van der Waals surface area contributed by atoms with Gasteiger partial charge in [-0.3, -0.25) is 0 Å². The van der Waals surface area contributed by atoms with Gasteiger partial charge in [-0.05, 0) is 6.08 Å². The van der Waals surface area contributed by atoms with Gasteiger partial charge in [0.2, 0.25) is 0 Å². The lowest BCUT2D eigenvalue weighted by Crippen LogP contribution is -2.10. The molecule has 44 valence electrons. The molecule has 1 aliphatic rings. The van der Waals surface area contributed by atoms with E-state index in [-0.39, 0.29) is 0 Å². The van der Waals surface area contributed by atoms with Gasteiger partial charge in [-0.25, -0.2) is 0 Å². The van der Waals surface area contributed by atoms with Crippen LogP contribution in [0.25, 0.3) is 0 Å². The van der Waals surface area contributed by atoms with Crippen molar-refractivity contribution in [2.24, 2.45) is 0 Å². The van der Waals surface area contributed by atoms with E-state index in [0.717, 1.165) is 5.03 Å². The smallest absolute Gasteiger partial charge is 0.0574 e. The first-order valence-corrected chi connectivity index (χ1v) is 3.00. The highest BCUT2D eigenvalue weighted by Crippen LogP contribution is 2.12. The molecule has 1 rings (SSSR count). The van der Waals surface area contributed by atoms with Gasteiger partial charge in [-0.2, -0.15) is 0 Å². The summed E-state index contributed by atoms with van der Waals surface area (Å²) in [5.41, 5.74) is 0. The van der Waals surface area contributed by atoms with Gasteiger partial charge in [0.15, 0.2) is 0 Å². The maximum atomic E-state index is 5.58. The van der Waals surface area contributed by atoms with Crippen LogP contribution in [0.15, 0.2) is 22.3 Å². The standard InChI is InChI=1S/C5H5Cl2N/c6-4-1-5(7)3-8-2-4/h1-2,8H,3H2. The molecule has 0 aliphatic carbocycles. The fourth-order valence-corrected chi connectivity index (χ4v) is 0.948. The third-order valence-electron chi connectivity index (χ3n) is 0.805. The molecule has 0 aromatic carbocycles. The minimum absolute atomic E-state index is 0.654. The summed E-state index contributed by atoms with van der Waals surface area (Å²) in [5, 5.41) is 4.29. The van der Waals surface area contributed by atoms with Crippen molar-refractivity contribution < 1.29 is 0 Å². The Kier molecular flexibility index (Phi) is 1.81. The molecule has 8 heavy (non-hydrogen) atoms. The van der Waals surface area contributed by atoms with Crippen LogP contribution in [0.2, 0.25) is 0 Å². The second kappa shape index (κ2) is 2.42. The number of hydrogen-bond donors (Lipinski definition) is 1. The molecule has 1 heterocycles. The molecule has 1 N–H and O–H groups in total. The SMILES string of the molecule is ClC1=CNCC(Cl)=C1. The minimum Gasteiger partial charge on any atom is -0.385 e. The fraction of sp³-hybridized carbons (Fsp3) is 0.200. The Morgan fingerprint density at radius 3 is 2.62 bits per heavy atom. The van der Waals surface area contributed by atoms with Gasteiger partial charge in [0.05, 0.1) is 11.6 Å². The highest BCUT2D eigenvalue weighted by molar-refractivity contribution is 6.35. The van der Waals surface area contributed by atoms with Gasteiger partial charge >= 0.3 is 0 Å². The maximum Gasteiger partial charge on any atom is 0.0574 e. The van der Waals surface area contributed by atoms with Crippen LogP contribution in [0, 0.1) is 0 Å². The van der Waals surface area contributed by atoms with E-state index in [1.165, 1.54) is 0 Å². The Bertz CT molecular complexity index is 149. The molecule has 0 saturated heterocycles. The molecule has 0 atom stereocenters. The van der Waals surface area contributed by atoms with Crippen molar-refractivity contribution in [1.29, 1.82) is 0 Å². The van der Waals surface area contributed by atoms with Crippen molar-refractivity contribution in [2.75, 3.05) is 6.54 Å². The lowest BCUT2D eigenvalue weighted by molar-refractivity contribution is 0.954. The summed E-state index contributed by atoms with van der Waals surface area (Å²) in [7, 11) is 0. The second-order valence-electron chi connectivity index (χ2n) is 1.50. The zero-order valence-corrected chi connectivity index (χ0v) is 5.63. The average molecular weight is 150 g/mol. The average Bonchev–Trinajstić information content (AvgIpc) is 1.64. The molecule has 0 aromatic rings. The van der Waals surface area contributed by atoms with E-state index in [4.69, 9.17) is 23.2 Å². The zero-order valence-electron chi connectivity index (χ0n) is 4.12. The van der Waals surface area contributed by atoms with Crippen LogP contribution in [0.1, 0.15) is 0 Å². The van der Waals surface area contributed by atoms with Gasteiger partial charge in [-0.15, -0.1) is 0 Å². The van der Waals surface area contributed by atoms with Crippen molar-refractivity contribution in [3.63, 3.8) is 0 Å². The highest BCUT2D eigenvalue weighted by Gasteiger charge is 1.97. The van der Waals surface area contributed by atoms with E-state index in [1.807, 2.05) is 0 Å². The van der Waals surface area contributed by atoms with Crippen molar-refractivity contribution in [3.05, 3.63) is 22.3 Å². The topological polar surface area (TPSA) is 12.0 Å².